The highest BCUT2D eigenvalue weighted by atomic mass is 16.5. The lowest BCUT2D eigenvalue weighted by atomic mass is 9.85. The topological polar surface area (TPSA) is 24.5 Å². The van der Waals surface area contributed by atoms with Gasteiger partial charge < -0.3 is 10.1 Å². The molecule has 0 aromatic rings. The van der Waals surface area contributed by atoms with E-state index in [4.69, 9.17) is 4.74 Å². The van der Waals surface area contributed by atoms with E-state index in [9.17, 15) is 0 Å². The molecular weight excluding hydrogens is 224 g/mol. The molecule has 108 valence electrons. The highest BCUT2D eigenvalue weighted by Crippen LogP contribution is 2.24. The summed E-state index contributed by atoms with van der Waals surface area (Å²) in [4.78, 5) is 2.62. The van der Waals surface area contributed by atoms with Crippen molar-refractivity contribution in [2.75, 3.05) is 32.8 Å². The Morgan fingerprint density at radius 3 is 2.50 bits per heavy atom. The third-order valence-electron chi connectivity index (χ3n) is 3.98. The highest BCUT2D eigenvalue weighted by molar-refractivity contribution is 4.90. The first kappa shape index (κ1) is 15.9. The smallest absolute Gasteiger partial charge is 0.0624 e. The fraction of sp³-hybridized carbons (Fsp3) is 1.00. The molecule has 1 fully saturated rings. The number of hydrogen-bond acceptors (Lipinski definition) is 3. The summed E-state index contributed by atoms with van der Waals surface area (Å²) in [5, 5.41) is 3.66. The van der Waals surface area contributed by atoms with E-state index >= 15 is 0 Å². The molecule has 2 unspecified atom stereocenters. The van der Waals surface area contributed by atoms with Crippen LogP contribution in [0.4, 0.5) is 0 Å². The van der Waals surface area contributed by atoms with Gasteiger partial charge in [-0.1, -0.05) is 34.6 Å². The first-order valence-corrected chi connectivity index (χ1v) is 7.41. The second kappa shape index (κ2) is 6.88. The summed E-state index contributed by atoms with van der Waals surface area (Å²) in [6, 6.07) is 1.13. The second-order valence-electron chi connectivity index (χ2n) is 6.84. The number of rotatable bonds is 5. The fourth-order valence-electron chi connectivity index (χ4n) is 2.61. The van der Waals surface area contributed by atoms with Gasteiger partial charge in [0.15, 0.2) is 0 Å². The summed E-state index contributed by atoms with van der Waals surface area (Å²) in [6.45, 7) is 18.7. The van der Waals surface area contributed by atoms with Gasteiger partial charge in [-0.15, -0.1) is 0 Å². The zero-order chi connectivity index (χ0) is 13.8. The van der Waals surface area contributed by atoms with Crippen LogP contribution in [0.5, 0.6) is 0 Å². The van der Waals surface area contributed by atoms with Gasteiger partial charge in [0.25, 0.3) is 0 Å². The summed E-state index contributed by atoms with van der Waals surface area (Å²) < 4.78 is 5.67. The Hall–Kier alpha value is -0.120. The fourth-order valence-corrected chi connectivity index (χ4v) is 2.61. The first-order valence-electron chi connectivity index (χ1n) is 7.41. The first-order chi connectivity index (χ1) is 8.36. The number of ether oxygens (including phenoxy) is 1. The van der Waals surface area contributed by atoms with Crippen LogP contribution in [0.2, 0.25) is 0 Å². The molecule has 18 heavy (non-hydrogen) atoms. The van der Waals surface area contributed by atoms with Crippen molar-refractivity contribution in [2.45, 2.75) is 53.6 Å². The van der Waals surface area contributed by atoms with E-state index in [-0.39, 0.29) is 0 Å². The zero-order valence-corrected chi connectivity index (χ0v) is 13.1. The van der Waals surface area contributed by atoms with Gasteiger partial charge in [0, 0.05) is 38.3 Å². The van der Waals surface area contributed by atoms with Crippen molar-refractivity contribution < 1.29 is 4.74 Å². The Kier molecular flexibility index (Phi) is 6.09. The molecule has 1 aliphatic rings. The van der Waals surface area contributed by atoms with Gasteiger partial charge in [0.1, 0.15) is 0 Å². The van der Waals surface area contributed by atoms with Gasteiger partial charge in [-0.05, 0) is 18.3 Å². The van der Waals surface area contributed by atoms with Crippen LogP contribution in [0.25, 0.3) is 0 Å². The predicted molar refractivity (Wildman–Crippen MR) is 77.9 cm³/mol. The van der Waals surface area contributed by atoms with E-state index in [0.717, 1.165) is 32.8 Å². The molecule has 0 saturated carbocycles. The molecule has 1 aliphatic heterocycles. The van der Waals surface area contributed by atoms with Crippen LogP contribution < -0.4 is 5.32 Å². The second-order valence-corrected chi connectivity index (χ2v) is 6.84. The largest absolute Gasteiger partial charge is 0.380 e. The summed E-state index contributed by atoms with van der Waals surface area (Å²) in [6.07, 6.45) is 0. The van der Waals surface area contributed by atoms with Crippen molar-refractivity contribution in [1.29, 1.82) is 0 Å². The Bertz CT molecular complexity index is 235. The number of piperazine rings is 1. The van der Waals surface area contributed by atoms with Crippen LogP contribution in [0.1, 0.15) is 41.5 Å². The van der Waals surface area contributed by atoms with Gasteiger partial charge in [-0.25, -0.2) is 0 Å². The maximum Gasteiger partial charge on any atom is 0.0624 e. The molecule has 0 aliphatic carbocycles. The average Bonchev–Trinajstić information content (AvgIpc) is 2.28. The van der Waals surface area contributed by atoms with Crippen molar-refractivity contribution in [3.05, 3.63) is 0 Å². The molecule has 0 radical (unpaired) electrons. The van der Waals surface area contributed by atoms with E-state index in [2.05, 4.69) is 51.8 Å². The monoisotopic (exact) mass is 256 g/mol. The summed E-state index contributed by atoms with van der Waals surface area (Å²) in [5.74, 6) is 0.648. The molecule has 1 N–H and O–H groups in total. The van der Waals surface area contributed by atoms with Crippen LogP contribution in [0, 0.1) is 11.3 Å². The molecule has 0 bridgehead atoms. The van der Waals surface area contributed by atoms with Crippen molar-refractivity contribution in [3.8, 4) is 0 Å². The quantitative estimate of drug-likeness (QED) is 0.817. The van der Waals surface area contributed by atoms with Crippen molar-refractivity contribution in [2.24, 2.45) is 11.3 Å². The van der Waals surface area contributed by atoms with E-state index in [0.29, 0.717) is 23.4 Å². The maximum absolute atomic E-state index is 5.67. The molecule has 1 heterocycles. The highest BCUT2D eigenvalue weighted by Gasteiger charge is 2.33. The minimum atomic E-state index is 0.325. The molecule has 2 atom stereocenters. The normalized spacial score (nSPS) is 24.5. The van der Waals surface area contributed by atoms with Crippen LogP contribution in [0.3, 0.4) is 0 Å². The van der Waals surface area contributed by atoms with Crippen molar-refractivity contribution in [1.82, 2.24) is 10.2 Å². The van der Waals surface area contributed by atoms with Gasteiger partial charge in [-0.3, -0.25) is 4.90 Å². The summed E-state index contributed by atoms with van der Waals surface area (Å²) in [5.41, 5.74) is 0.325. The molecule has 0 aromatic heterocycles. The SMILES string of the molecule is CCOCC(C(C)C)N1CCNC(C(C)(C)C)C1. The molecule has 3 nitrogen and oxygen atoms in total. The molecule has 1 saturated heterocycles. The minimum absolute atomic E-state index is 0.325. The maximum atomic E-state index is 5.67. The summed E-state index contributed by atoms with van der Waals surface area (Å²) >= 11 is 0. The van der Waals surface area contributed by atoms with Gasteiger partial charge >= 0.3 is 0 Å². The third kappa shape index (κ3) is 4.52. The molecular formula is C15H32N2O. The number of hydrogen-bond donors (Lipinski definition) is 1. The van der Waals surface area contributed by atoms with Gasteiger partial charge in [0.05, 0.1) is 6.61 Å². The molecule has 1 rings (SSSR count). The Labute approximate surface area is 113 Å². The number of nitrogens with zero attached hydrogens (tertiary/aromatic N) is 1. The average molecular weight is 256 g/mol. The third-order valence-corrected chi connectivity index (χ3v) is 3.98. The van der Waals surface area contributed by atoms with E-state index in [1.54, 1.807) is 0 Å². The Balaban J connectivity index is 2.62. The predicted octanol–water partition coefficient (Wildman–Crippen LogP) is 2.37. The van der Waals surface area contributed by atoms with E-state index < -0.39 is 0 Å². The van der Waals surface area contributed by atoms with Crippen LogP contribution >= 0.6 is 0 Å². The molecule has 3 heteroatoms. The Morgan fingerprint density at radius 2 is 2.00 bits per heavy atom. The van der Waals surface area contributed by atoms with E-state index in [1.165, 1.54) is 0 Å². The lowest BCUT2D eigenvalue weighted by molar-refractivity contribution is 0.0174. The molecule has 0 spiro atoms. The van der Waals surface area contributed by atoms with Crippen LogP contribution in [-0.4, -0.2) is 49.8 Å². The number of nitrogens with one attached hydrogen (secondary N) is 1. The zero-order valence-electron chi connectivity index (χ0n) is 13.1. The van der Waals surface area contributed by atoms with E-state index in [1.807, 2.05) is 0 Å². The van der Waals surface area contributed by atoms with Crippen molar-refractivity contribution >= 4 is 0 Å². The summed E-state index contributed by atoms with van der Waals surface area (Å²) in [7, 11) is 0. The van der Waals surface area contributed by atoms with Gasteiger partial charge in [-0.2, -0.15) is 0 Å². The lowest BCUT2D eigenvalue weighted by Crippen LogP contribution is -2.59. The minimum Gasteiger partial charge on any atom is -0.380 e. The van der Waals surface area contributed by atoms with Gasteiger partial charge in [0.2, 0.25) is 0 Å². The molecule has 0 aromatic carbocycles. The van der Waals surface area contributed by atoms with Crippen LogP contribution in [-0.2, 0) is 4.74 Å². The lowest BCUT2D eigenvalue weighted by Gasteiger charge is -2.44. The Morgan fingerprint density at radius 1 is 1.33 bits per heavy atom. The standard InChI is InChI=1S/C15H32N2O/c1-7-18-11-13(12(2)3)17-9-8-16-14(10-17)15(4,5)6/h12-14,16H,7-11H2,1-6H3. The van der Waals surface area contributed by atoms with Crippen LogP contribution in [0.15, 0.2) is 0 Å². The van der Waals surface area contributed by atoms with Crippen molar-refractivity contribution in [3.63, 3.8) is 0 Å². The molecule has 0 amide bonds.